The minimum atomic E-state index is -4.57. The molecule has 37 heavy (non-hydrogen) atoms. The smallest absolute Gasteiger partial charge is 0.433 e. The maximum Gasteiger partial charge on any atom is 0.433 e. The molecule has 0 aliphatic carbocycles. The Bertz CT molecular complexity index is 1310. The van der Waals surface area contributed by atoms with Crippen LogP contribution in [0.3, 0.4) is 0 Å². The molecule has 0 bridgehead atoms. The highest BCUT2D eigenvalue weighted by molar-refractivity contribution is 5.75. The van der Waals surface area contributed by atoms with Gasteiger partial charge in [-0.15, -0.1) is 0 Å². The second kappa shape index (κ2) is 11.5. The number of benzene rings is 2. The number of para-hydroxylation sites is 1. The molecule has 4 aromatic rings. The van der Waals surface area contributed by atoms with Gasteiger partial charge >= 0.3 is 6.18 Å². The number of rotatable bonds is 11. The minimum absolute atomic E-state index is 0.0545. The summed E-state index contributed by atoms with van der Waals surface area (Å²) in [7, 11) is 0. The van der Waals surface area contributed by atoms with Crippen LogP contribution in [0.1, 0.15) is 44.4 Å². The van der Waals surface area contributed by atoms with Crippen molar-refractivity contribution in [3.63, 3.8) is 0 Å². The second-order valence-corrected chi connectivity index (χ2v) is 9.22. The van der Waals surface area contributed by atoms with E-state index in [2.05, 4.69) is 4.98 Å². The molecule has 1 atom stereocenters. The van der Waals surface area contributed by atoms with E-state index in [-0.39, 0.29) is 24.1 Å². The number of hydrogen-bond donors (Lipinski definition) is 0. The molecule has 0 saturated carbocycles. The van der Waals surface area contributed by atoms with Gasteiger partial charge < -0.3 is 18.5 Å². The van der Waals surface area contributed by atoms with Crippen molar-refractivity contribution < 1.29 is 27.1 Å². The molecular weight excluding hydrogens is 481 g/mol. The number of aromatic nitrogens is 2. The normalized spacial score (nSPS) is 12.5. The van der Waals surface area contributed by atoms with Gasteiger partial charge in [0.05, 0.1) is 25.6 Å². The fourth-order valence-electron chi connectivity index (χ4n) is 4.37. The zero-order valence-electron chi connectivity index (χ0n) is 20.8. The Morgan fingerprint density at radius 3 is 2.46 bits per heavy atom. The van der Waals surface area contributed by atoms with Crippen molar-refractivity contribution in [2.24, 2.45) is 5.92 Å². The summed E-state index contributed by atoms with van der Waals surface area (Å²) in [4.78, 5) is 15.4. The molecule has 0 unspecified atom stereocenters. The van der Waals surface area contributed by atoms with Crippen LogP contribution in [0.25, 0.3) is 22.7 Å². The summed E-state index contributed by atoms with van der Waals surface area (Å²) in [5.41, 5.74) is 1.17. The monoisotopic (exact) mass is 510 g/mol. The fourth-order valence-corrected chi connectivity index (χ4v) is 4.37. The SMILES string of the molecule is CC(=O)C[C@H](C)CCCOc1ccccc1Cn1c(C(F)(F)F)cnc1-c1ccc(-c2ccco2)cc1. The van der Waals surface area contributed by atoms with Gasteiger partial charge in [-0.25, -0.2) is 4.98 Å². The van der Waals surface area contributed by atoms with Gasteiger partial charge in [0, 0.05) is 23.1 Å². The van der Waals surface area contributed by atoms with E-state index >= 15 is 0 Å². The number of hydrogen-bond acceptors (Lipinski definition) is 4. The average Bonchev–Trinajstić information content (AvgIpc) is 3.53. The molecule has 0 fully saturated rings. The van der Waals surface area contributed by atoms with Crippen molar-refractivity contribution in [1.82, 2.24) is 9.55 Å². The van der Waals surface area contributed by atoms with Crippen LogP contribution in [0.5, 0.6) is 5.75 Å². The van der Waals surface area contributed by atoms with Gasteiger partial charge in [0.2, 0.25) is 0 Å². The zero-order chi connectivity index (χ0) is 26.4. The first-order valence-corrected chi connectivity index (χ1v) is 12.2. The number of nitrogens with zero attached hydrogens (tertiary/aromatic N) is 2. The summed E-state index contributed by atoms with van der Waals surface area (Å²) in [5.74, 6) is 1.84. The number of imidazole rings is 1. The Hall–Kier alpha value is -3.81. The average molecular weight is 511 g/mol. The Balaban J connectivity index is 1.56. The molecule has 0 amide bonds. The molecule has 0 radical (unpaired) electrons. The highest BCUT2D eigenvalue weighted by Gasteiger charge is 2.36. The lowest BCUT2D eigenvalue weighted by Gasteiger charge is -2.17. The van der Waals surface area contributed by atoms with Crippen LogP contribution in [-0.2, 0) is 17.5 Å². The Kier molecular flexibility index (Phi) is 8.16. The van der Waals surface area contributed by atoms with E-state index in [9.17, 15) is 18.0 Å². The van der Waals surface area contributed by atoms with Crippen molar-refractivity contribution in [2.75, 3.05) is 6.61 Å². The molecule has 0 N–H and O–H groups in total. The maximum absolute atomic E-state index is 13.9. The predicted octanol–water partition coefficient (Wildman–Crippen LogP) is 7.65. The summed E-state index contributed by atoms with van der Waals surface area (Å²) in [6.07, 6.45) is -0.0211. The zero-order valence-corrected chi connectivity index (χ0v) is 20.8. The molecule has 2 aromatic carbocycles. The lowest BCUT2D eigenvalue weighted by atomic mass is 10.00. The molecular formula is C29H29F3N2O3. The summed E-state index contributed by atoms with van der Waals surface area (Å²) in [5, 5.41) is 0. The Morgan fingerprint density at radius 1 is 1.05 bits per heavy atom. The molecule has 2 heterocycles. The number of carbonyl (C=O) groups is 1. The highest BCUT2D eigenvalue weighted by Crippen LogP contribution is 2.35. The Morgan fingerprint density at radius 2 is 1.78 bits per heavy atom. The highest BCUT2D eigenvalue weighted by atomic mass is 19.4. The molecule has 194 valence electrons. The maximum atomic E-state index is 13.9. The summed E-state index contributed by atoms with van der Waals surface area (Å²) in [6, 6.07) is 17.8. The number of ketones is 1. The van der Waals surface area contributed by atoms with E-state index in [1.165, 1.54) is 4.57 Å². The van der Waals surface area contributed by atoms with Crippen LogP contribution in [0.4, 0.5) is 13.2 Å². The first-order valence-electron chi connectivity index (χ1n) is 12.2. The van der Waals surface area contributed by atoms with Gasteiger partial charge in [-0.3, -0.25) is 0 Å². The van der Waals surface area contributed by atoms with Crippen LogP contribution in [-0.4, -0.2) is 21.9 Å². The van der Waals surface area contributed by atoms with Crippen molar-refractivity contribution in [1.29, 1.82) is 0 Å². The fraction of sp³-hybridized carbons (Fsp3) is 0.310. The first-order chi connectivity index (χ1) is 17.7. The van der Waals surface area contributed by atoms with Gasteiger partial charge in [0.1, 0.15) is 28.8 Å². The number of alkyl halides is 3. The number of carbonyl (C=O) groups excluding carboxylic acids is 1. The number of halogens is 3. The van der Waals surface area contributed by atoms with Gasteiger partial charge in [-0.1, -0.05) is 49.4 Å². The molecule has 0 aliphatic rings. The Labute approximate surface area is 213 Å². The van der Waals surface area contributed by atoms with Crippen molar-refractivity contribution in [3.8, 4) is 28.5 Å². The van der Waals surface area contributed by atoms with E-state index in [0.29, 0.717) is 35.7 Å². The molecule has 2 aromatic heterocycles. The lowest BCUT2D eigenvalue weighted by molar-refractivity contribution is -0.143. The number of ether oxygens (including phenoxy) is 1. The van der Waals surface area contributed by atoms with Crippen LogP contribution < -0.4 is 4.74 Å². The predicted molar refractivity (Wildman–Crippen MR) is 135 cm³/mol. The molecule has 4 rings (SSSR count). The van der Waals surface area contributed by atoms with Gasteiger partial charge in [-0.2, -0.15) is 13.2 Å². The van der Waals surface area contributed by atoms with Crippen molar-refractivity contribution >= 4 is 5.78 Å². The van der Waals surface area contributed by atoms with Crippen LogP contribution in [0, 0.1) is 5.92 Å². The molecule has 5 nitrogen and oxygen atoms in total. The second-order valence-electron chi connectivity index (χ2n) is 9.22. The van der Waals surface area contributed by atoms with Crippen LogP contribution in [0.15, 0.2) is 77.5 Å². The lowest BCUT2D eigenvalue weighted by Crippen LogP contribution is -2.15. The number of Topliss-reactive ketones (excluding diaryl/α,β-unsaturated/α-hetero) is 1. The minimum Gasteiger partial charge on any atom is -0.493 e. The first kappa shape index (κ1) is 26.3. The standard InChI is InChI=1S/C29H29F3N2O3/c1-20(17-21(2)35)7-5-15-37-26-9-4-3-8-24(26)19-34-27(29(30,31)32)18-33-28(34)23-13-11-22(12-14-23)25-10-6-16-36-25/h3-4,6,8-14,16,18,20H,5,7,15,17,19H2,1-2H3/t20-/m1/s1. The molecule has 8 heteroatoms. The van der Waals surface area contributed by atoms with Gasteiger partial charge in [0.25, 0.3) is 0 Å². The third-order valence-corrected chi connectivity index (χ3v) is 6.13. The van der Waals surface area contributed by atoms with Crippen LogP contribution >= 0.6 is 0 Å². The summed E-state index contributed by atoms with van der Waals surface area (Å²) >= 11 is 0. The van der Waals surface area contributed by atoms with E-state index in [1.807, 2.05) is 13.0 Å². The van der Waals surface area contributed by atoms with Crippen LogP contribution in [0.2, 0.25) is 0 Å². The largest absolute Gasteiger partial charge is 0.493 e. The quantitative estimate of drug-likeness (QED) is 0.195. The van der Waals surface area contributed by atoms with E-state index in [0.717, 1.165) is 24.6 Å². The van der Waals surface area contributed by atoms with E-state index in [1.54, 1.807) is 67.8 Å². The summed E-state index contributed by atoms with van der Waals surface area (Å²) in [6.45, 7) is 3.96. The molecule has 0 spiro atoms. The van der Waals surface area contributed by atoms with E-state index in [4.69, 9.17) is 9.15 Å². The number of furan rings is 1. The third kappa shape index (κ3) is 6.70. The molecule has 0 aliphatic heterocycles. The topological polar surface area (TPSA) is 57.3 Å². The van der Waals surface area contributed by atoms with E-state index < -0.39 is 11.9 Å². The third-order valence-electron chi connectivity index (χ3n) is 6.13. The van der Waals surface area contributed by atoms with Crippen molar-refractivity contribution in [3.05, 3.63) is 84.4 Å². The summed E-state index contributed by atoms with van der Waals surface area (Å²) < 4.78 is 54.3. The van der Waals surface area contributed by atoms with Crippen molar-refractivity contribution in [2.45, 2.75) is 45.8 Å². The van der Waals surface area contributed by atoms with Gasteiger partial charge in [-0.05, 0) is 43.9 Å². The van der Waals surface area contributed by atoms with Gasteiger partial charge in [0.15, 0.2) is 0 Å². The molecule has 0 saturated heterocycles.